The van der Waals surface area contributed by atoms with Gasteiger partial charge in [-0.3, -0.25) is 5.10 Å². The van der Waals surface area contributed by atoms with Gasteiger partial charge in [-0.1, -0.05) is 0 Å². The summed E-state index contributed by atoms with van der Waals surface area (Å²) in [5.74, 6) is 0.195. The number of anilines is 1. The van der Waals surface area contributed by atoms with Gasteiger partial charge in [-0.15, -0.1) is 0 Å². The second-order valence-electron chi connectivity index (χ2n) is 3.84. The molecular formula is C13H15N3O3. The van der Waals surface area contributed by atoms with E-state index in [1.165, 1.54) is 7.11 Å². The summed E-state index contributed by atoms with van der Waals surface area (Å²) >= 11 is 0. The minimum Gasteiger partial charge on any atom is -0.495 e. The summed E-state index contributed by atoms with van der Waals surface area (Å²) < 4.78 is 9.92. The second kappa shape index (κ2) is 5.90. The normalized spacial score (nSPS) is 10.0. The van der Waals surface area contributed by atoms with Crippen LogP contribution in [0.15, 0.2) is 30.5 Å². The van der Waals surface area contributed by atoms with E-state index in [2.05, 4.69) is 20.3 Å². The van der Waals surface area contributed by atoms with Crippen molar-refractivity contribution in [2.24, 2.45) is 0 Å². The van der Waals surface area contributed by atoms with Crippen molar-refractivity contribution in [1.82, 2.24) is 10.2 Å². The first-order chi connectivity index (χ1) is 9.24. The Kier molecular flexibility index (Phi) is 4.02. The molecule has 0 spiro atoms. The fraction of sp³-hybridized carbons (Fsp3) is 0.231. The molecule has 0 aliphatic carbocycles. The molecule has 19 heavy (non-hydrogen) atoms. The van der Waals surface area contributed by atoms with E-state index < -0.39 is 5.97 Å². The first-order valence-corrected chi connectivity index (χ1v) is 5.73. The average molecular weight is 261 g/mol. The number of esters is 1. The molecule has 6 heteroatoms. The number of ether oxygens (including phenoxy) is 2. The van der Waals surface area contributed by atoms with Gasteiger partial charge in [-0.25, -0.2) is 4.79 Å². The molecule has 0 radical (unpaired) electrons. The molecule has 2 aromatic rings. The lowest BCUT2D eigenvalue weighted by atomic mass is 10.2. The number of benzene rings is 1. The minimum absolute atomic E-state index is 0.390. The highest BCUT2D eigenvalue weighted by atomic mass is 16.5. The van der Waals surface area contributed by atoms with Crippen molar-refractivity contribution >= 4 is 11.7 Å². The van der Waals surface area contributed by atoms with Crippen molar-refractivity contribution in [3.63, 3.8) is 0 Å². The van der Waals surface area contributed by atoms with Crippen LogP contribution in [0.3, 0.4) is 0 Å². The summed E-state index contributed by atoms with van der Waals surface area (Å²) in [6.45, 7) is 0.591. The molecule has 1 aromatic heterocycles. The molecule has 1 aromatic carbocycles. The molecule has 0 unspecified atom stereocenters. The predicted molar refractivity (Wildman–Crippen MR) is 70.2 cm³/mol. The van der Waals surface area contributed by atoms with Crippen LogP contribution in [0.4, 0.5) is 5.69 Å². The van der Waals surface area contributed by atoms with Crippen LogP contribution in [0.2, 0.25) is 0 Å². The Balaban J connectivity index is 2.14. The quantitative estimate of drug-likeness (QED) is 0.803. The molecule has 2 rings (SSSR count). The highest BCUT2D eigenvalue weighted by Gasteiger charge is 2.10. The van der Waals surface area contributed by atoms with Gasteiger partial charge in [-0.05, 0) is 24.3 Å². The molecule has 0 amide bonds. The Labute approximate surface area is 110 Å². The zero-order valence-electron chi connectivity index (χ0n) is 10.8. The van der Waals surface area contributed by atoms with Gasteiger partial charge in [-0.2, -0.15) is 5.10 Å². The van der Waals surface area contributed by atoms with Gasteiger partial charge in [0.1, 0.15) is 5.75 Å². The topological polar surface area (TPSA) is 76.2 Å². The molecule has 6 nitrogen and oxygen atoms in total. The largest absolute Gasteiger partial charge is 0.495 e. The van der Waals surface area contributed by atoms with Gasteiger partial charge >= 0.3 is 5.97 Å². The van der Waals surface area contributed by atoms with Crippen LogP contribution in [0.5, 0.6) is 5.75 Å². The van der Waals surface area contributed by atoms with Crippen molar-refractivity contribution in [2.75, 3.05) is 19.5 Å². The molecule has 0 aliphatic heterocycles. The van der Waals surface area contributed by atoms with E-state index in [0.29, 0.717) is 17.9 Å². The monoisotopic (exact) mass is 261 g/mol. The Morgan fingerprint density at radius 3 is 2.84 bits per heavy atom. The lowest BCUT2D eigenvalue weighted by molar-refractivity contribution is 0.0600. The van der Waals surface area contributed by atoms with E-state index in [1.54, 1.807) is 31.5 Å². The molecule has 0 bridgehead atoms. The molecule has 1 heterocycles. The summed E-state index contributed by atoms with van der Waals surface area (Å²) in [5.41, 5.74) is 2.20. The molecule has 0 saturated carbocycles. The van der Waals surface area contributed by atoms with Crippen LogP contribution < -0.4 is 10.1 Å². The van der Waals surface area contributed by atoms with E-state index in [-0.39, 0.29) is 0 Å². The predicted octanol–water partition coefficient (Wildman–Crippen LogP) is 1.82. The molecule has 0 atom stereocenters. The Bertz CT molecular complexity index is 552. The Hall–Kier alpha value is -2.50. The molecule has 0 aliphatic rings. The number of nitrogens with zero attached hydrogens (tertiary/aromatic N) is 1. The summed E-state index contributed by atoms with van der Waals surface area (Å²) in [6, 6.07) is 6.98. The standard InChI is InChI=1S/C13H15N3O3/c1-18-12-7-9(13(17)19-2)3-4-11(12)14-8-10-5-6-15-16-10/h3-7,14H,8H2,1-2H3,(H,15,16). The van der Waals surface area contributed by atoms with E-state index in [4.69, 9.17) is 4.74 Å². The third-order valence-corrected chi connectivity index (χ3v) is 2.65. The molecule has 2 N–H and O–H groups in total. The number of carbonyl (C=O) groups is 1. The van der Waals surface area contributed by atoms with Crippen LogP contribution >= 0.6 is 0 Å². The molecule has 0 saturated heterocycles. The number of hydrogen-bond acceptors (Lipinski definition) is 5. The van der Waals surface area contributed by atoms with Crippen LogP contribution in [0.25, 0.3) is 0 Å². The SMILES string of the molecule is COC(=O)c1ccc(NCc2ccn[nH]2)c(OC)c1. The third kappa shape index (κ3) is 3.04. The smallest absolute Gasteiger partial charge is 0.337 e. The maximum atomic E-state index is 11.4. The maximum Gasteiger partial charge on any atom is 0.337 e. The van der Waals surface area contributed by atoms with Gasteiger partial charge in [0.25, 0.3) is 0 Å². The summed E-state index contributed by atoms with van der Waals surface area (Å²) in [7, 11) is 2.90. The van der Waals surface area contributed by atoms with Crippen LogP contribution in [-0.2, 0) is 11.3 Å². The van der Waals surface area contributed by atoms with E-state index >= 15 is 0 Å². The summed E-state index contributed by atoms with van der Waals surface area (Å²) in [5, 5.41) is 9.93. The van der Waals surface area contributed by atoms with Gasteiger partial charge in [0.15, 0.2) is 0 Å². The van der Waals surface area contributed by atoms with Crippen LogP contribution in [-0.4, -0.2) is 30.4 Å². The highest BCUT2D eigenvalue weighted by Crippen LogP contribution is 2.26. The van der Waals surface area contributed by atoms with Gasteiger partial charge < -0.3 is 14.8 Å². The molecular weight excluding hydrogens is 246 g/mol. The molecule has 100 valence electrons. The summed E-state index contributed by atoms with van der Waals surface area (Å²) in [6.07, 6.45) is 1.69. The van der Waals surface area contributed by atoms with Crippen molar-refractivity contribution in [2.45, 2.75) is 6.54 Å². The lowest BCUT2D eigenvalue weighted by Crippen LogP contribution is -2.05. The first-order valence-electron chi connectivity index (χ1n) is 5.73. The van der Waals surface area contributed by atoms with Crippen molar-refractivity contribution in [3.05, 3.63) is 41.7 Å². The maximum absolute atomic E-state index is 11.4. The fourth-order valence-electron chi connectivity index (χ4n) is 1.66. The lowest BCUT2D eigenvalue weighted by Gasteiger charge is -2.11. The average Bonchev–Trinajstić information content (AvgIpc) is 2.97. The number of rotatable bonds is 5. The number of aromatic amines is 1. The van der Waals surface area contributed by atoms with Gasteiger partial charge in [0.05, 0.1) is 37.7 Å². The first kappa shape index (κ1) is 12.9. The fourth-order valence-corrected chi connectivity index (χ4v) is 1.66. The number of carbonyl (C=O) groups excluding carboxylic acids is 1. The van der Waals surface area contributed by atoms with Crippen molar-refractivity contribution in [3.8, 4) is 5.75 Å². The minimum atomic E-state index is -0.390. The second-order valence-corrected chi connectivity index (χ2v) is 3.84. The Morgan fingerprint density at radius 2 is 2.21 bits per heavy atom. The zero-order chi connectivity index (χ0) is 13.7. The van der Waals surface area contributed by atoms with Gasteiger partial charge in [0, 0.05) is 6.20 Å². The zero-order valence-corrected chi connectivity index (χ0v) is 10.8. The van der Waals surface area contributed by atoms with E-state index in [0.717, 1.165) is 11.4 Å². The van der Waals surface area contributed by atoms with Crippen molar-refractivity contribution < 1.29 is 14.3 Å². The summed E-state index contributed by atoms with van der Waals surface area (Å²) in [4.78, 5) is 11.4. The van der Waals surface area contributed by atoms with E-state index in [9.17, 15) is 4.79 Å². The number of methoxy groups -OCH3 is 2. The van der Waals surface area contributed by atoms with Crippen LogP contribution in [0, 0.1) is 0 Å². The third-order valence-electron chi connectivity index (χ3n) is 2.65. The number of hydrogen-bond donors (Lipinski definition) is 2. The van der Waals surface area contributed by atoms with Gasteiger partial charge in [0.2, 0.25) is 0 Å². The highest BCUT2D eigenvalue weighted by molar-refractivity contribution is 5.90. The Morgan fingerprint density at radius 1 is 1.37 bits per heavy atom. The molecule has 0 fully saturated rings. The number of nitrogens with one attached hydrogen (secondary N) is 2. The number of H-pyrrole nitrogens is 1. The van der Waals surface area contributed by atoms with E-state index in [1.807, 2.05) is 6.07 Å². The number of aromatic nitrogens is 2. The van der Waals surface area contributed by atoms with Crippen LogP contribution in [0.1, 0.15) is 16.1 Å². The van der Waals surface area contributed by atoms with Crippen molar-refractivity contribution in [1.29, 1.82) is 0 Å².